The molecule has 0 unspecified atom stereocenters. The van der Waals surface area contributed by atoms with Crippen LogP contribution in [-0.4, -0.2) is 41.1 Å². The van der Waals surface area contributed by atoms with Gasteiger partial charge in [-0.1, -0.05) is 30.3 Å². The molecule has 25 heavy (non-hydrogen) atoms. The van der Waals surface area contributed by atoms with Gasteiger partial charge in [-0.2, -0.15) is 0 Å². The first-order valence-corrected chi connectivity index (χ1v) is 15.8. The lowest BCUT2D eigenvalue weighted by Gasteiger charge is -2.40. The zero-order valence-corrected chi connectivity index (χ0v) is 19.0. The van der Waals surface area contributed by atoms with Crippen LogP contribution in [0.1, 0.15) is 25.7 Å². The minimum Gasteiger partial charge on any atom is -0.415 e. The van der Waals surface area contributed by atoms with Gasteiger partial charge in [0.1, 0.15) is 11.2 Å². The van der Waals surface area contributed by atoms with Crippen molar-refractivity contribution in [2.24, 2.45) is 0 Å². The van der Waals surface area contributed by atoms with Crippen molar-refractivity contribution in [2.45, 2.75) is 70.6 Å². The van der Waals surface area contributed by atoms with E-state index in [0.29, 0.717) is 13.2 Å². The molecule has 4 nitrogen and oxygen atoms in total. The predicted octanol–water partition coefficient (Wildman–Crippen LogP) is 4.95. The molecule has 142 valence electrons. The van der Waals surface area contributed by atoms with E-state index < -0.39 is 34.1 Å². The average molecular weight is 383 g/mol. The van der Waals surface area contributed by atoms with Crippen molar-refractivity contribution >= 4 is 16.6 Å². The molecule has 1 heterocycles. The Morgan fingerprint density at radius 3 is 1.56 bits per heavy atom. The molecular weight excluding hydrogens is 348 g/mol. The van der Waals surface area contributed by atoms with Crippen LogP contribution in [0.2, 0.25) is 39.3 Å². The van der Waals surface area contributed by atoms with E-state index in [0.717, 1.165) is 5.56 Å². The maximum atomic E-state index is 6.42. The molecule has 1 saturated heterocycles. The fourth-order valence-corrected chi connectivity index (χ4v) is 3.99. The van der Waals surface area contributed by atoms with E-state index in [1.54, 1.807) is 0 Å². The molecule has 0 saturated carbocycles. The van der Waals surface area contributed by atoms with Gasteiger partial charge < -0.3 is 18.3 Å². The van der Waals surface area contributed by atoms with Crippen molar-refractivity contribution in [1.29, 1.82) is 0 Å². The summed E-state index contributed by atoms with van der Waals surface area (Å²) in [4.78, 5) is 0. The number of benzene rings is 1. The van der Waals surface area contributed by atoms with Crippen molar-refractivity contribution in [3.05, 3.63) is 35.9 Å². The Bertz CT molecular complexity index is 535. The highest BCUT2D eigenvalue weighted by molar-refractivity contribution is 6.70. The summed E-state index contributed by atoms with van der Waals surface area (Å²) in [6, 6.07) is 10.1. The maximum Gasteiger partial charge on any atom is 0.185 e. The second-order valence-corrected chi connectivity index (χ2v) is 18.3. The monoisotopic (exact) mass is 382 g/mol. The van der Waals surface area contributed by atoms with Crippen LogP contribution in [0.25, 0.3) is 0 Å². The van der Waals surface area contributed by atoms with E-state index in [-0.39, 0.29) is 0 Å². The van der Waals surface area contributed by atoms with Crippen LogP contribution in [0.15, 0.2) is 30.3 Å². The number of hydrogen-bond acceptors (Lipinski definition) is 4. The summed E-state index contributed by atoms with van der Waals surface area (Å²) in [7, 11) is -3.33. The van der Waals surface area contributed by atoms with E-state index in [4.69, 9.17) is 18.3 Å². The first kappa shape index (κ1) is 20.8. The van der Waals surface area contributed by atoms with E-state index in [1.807, 2.05) is 30.3 Å². The highest BCUT2D eigenvalue weighted by atomic mass is 28.4. The smallest absolute Gasteiger partial charge is 0.185 e. The molecule has 2 rings (SSSR count). The normalized spacial score (nSPS) is 28.5. The molecule has 0 aliphatic carbocycles. The van der Waals surface area contributed by atoms with Crippen LogP contribution in [0.4, 0.5) is 0 Å². The molecular formula is C19H34O4Si2. The molecule has 0 aromatic heterocycles. The molecule has 0 bridgehead atoms. The molecule has 2 atom stereocenters. The Balaban J connectivity index is 2.24. The van der Waals surface area contributed by atoms with Gasteiger partial charge in [0, 0.05) is 5.56 Å². The lowest BCUT2D eigenvalue weighted by Crippen LogP contribution is -2.56. The van der Waals surface area contributed by atoms with Crippen LogP contribution in [0.3, 0.4) is 0 Å². The van der Waals surface area contributed by atoms with Crippen molar-refractivity contribution in [1.82, 2.24) is 0 Å². The summed E-state index contributed by atoms with van der Waals surface area (Å²) in [5.41, 5.74) is -0.0978. The van der Waals surface area contributed by atoms with E-state index in [9.17, 15) is 0 Å². The maximum absolute atomic E-state index is 6.42. The SMILES string of the molecule is C[C@@]1(CO[Si](C)(C)C)OC(c2ccccc2)O[C@@]1(C)CO[Si](C)(C)C. The predicted molar refractivity (Wildman–Crippen MR) is 107 cm³/mol. The highest BCUT2D eigenvalue weighted by Crippen LogP contribution is 2.46. The largest absolute Gasteiger partial charge is 0.415 e. The zero-order chi connectivity index (χ0) is 18.9. The second kappa shape index (κ2) is 7.25. The van der Waals surface area contributed by atoms with Crippen LogP contribution in [0.5, 0.6) is 0 Å². The van der Waals surface area contributed by atoms with Gasteiger partial charge in [-0.25, -0.2) is 0 Å². The molecule has 0 N–H and O–H groups in total. The second-order valence-electron chi connectivity index (χ2n) is 9.24. The van der Waals surface area contributed by atoms with Crippen molar-refractivity contribution in [3.63, 3.8) is 0 Å². The van der Waals surface area contributed by atoms with Gasteiger partial charge in [0.15, 0.2) is 22.9 Å². The summed E-state index contributed by atoms with van der Waals surface area (Å²) in [6.45, 7) is 18.3. The fourth-order valence-electron chi connectivity index (χ4n) is 2.57. The summed E-state index contributed by atoms with van der Waals surface area (Å²) >= 11 is 0. The summed E-state index contributed by atoms with van der Waals surface area (Å²) in [5.74, 6) is 0. The molecule has 1 aliphatic rings. The van der Waals surface area contributed by atoms with Gasteiger partial charge in [0.2, 0.25) is 0 Å². The molecule has 0 radical (unpaired) electrons. The van der Waals surface area contributed by atoms with Crippen molar-refractivity contribution < 1.29 is 18.3 Å². The van der Waals surface area contributed by atoms with Gasteiger partial charge in [-0.3, -0.25) is 0 Å². The minimum absolute atomic E-state index is 0.397. The third kappa shape index (κ3) is 5.48. The average Bonchev–Trinajstić information content (AvgIpc) is 2.76. The molecule has 1 aromatic carbocycles. The topological polar surface area (TPSA) is 36.9 Å². The number of ether oxygens (including phenoxy) is 2. The molecule has 1 aliphatic heterocycles. The van der Waals surface area contributed by atoms with Gasteiger partial charge in [0.25, 0.3) is 0 Å². The number of rotatable bonds is 7. The molecule has 1 aromatic rings. The van der Waals surface area contributed by atoms with Gasteiger partial charge >= 0.3 is 0 Å². The van der Waals surface area contributed by atoms with Crippen molar-refractivity contribution in [2.75, 3.05) is 13.2 Å². The highest BCUT2D eigenvalue weighted by Gasteiger charge is 2.56. The Labute approximate surface area is 155 Å². The van der Waals surface area contributed by atoms with Gasteiger partial charge in [-0.15, -0.1) is 0 Å². The quantitative estimate of drug-likeness (QED) is 0.625. The number of hydrogen-bond donors (Lipinski definition) is 0. The molecule has 0 amide bonds. The Morgan fingerprint density at radius 2 is 1.20 bits per heavy atom. The van der Waals surface area contributed by atoms with E-state index in [2.05, 4.69) is 53.1 Å². The van der Waals surface area contributed by atoms with Crippen LogP contribution in [0, 0.1) is 0 Å². The van der Waals surface area contributed by atoms with Crippen LogP contribution < -0.4 is 0 Å². The Morgan fingerprint density at radius 1 is 0.800 bits per heavy atom. The first-order valence-electron chi connectivity index (χ1n) is 9.02. The zero-order valence-electron chi connectivity index (χ0n) is 17.0. The van der Waals surface area contributed by atoms with E-state index >= 15 is 0 Å². The molecule has 1 fully saturated rings. The lowest BCUT2D eigenvalue weighted by molar-refractivity contribution is -0.102. The van der Waals surface area contributed by atoms with Gasteiger partial charge in [0.05, 0.1) is 13.2 Å². The minimum atomic E-state index is -1.66. The Hall–Kier alpha value is -0.506. The fraction of sp³-hybridized carbons (Fsp3) is 0.684. The molecule has 6 heteroatoms. The third-order valence-electron chi connectivity index (χ3n) is 4.49. The van der Waals surface area contributed by atoms with Crippen LogP contribution >= 0.6 is 0 Å². The van der Waals surface area contributed by atoms with E-state index in [1.165, 1.54) is 0 Å². The summed E-state index contributed by atoms with van der Waals surface area (Å²) in [6.07, 6.45) is -0.397. The standard InChI is InChI=1S/C19H34O4Si2/c1-18(14-20-24(3,4)5)19(2,15-21-25(6,7)8)23-17(22-18)16-12-10-9-11-13-16/h9-13,17H,14-15H2,1-8H3/t18-,19-/m0/s1. The van der Waals surface area contributed by atoms with Crippen molar-refractivity contribution in [3.8, 4) is 0 Å². The third-order valence-corrected chi connectivity index (χ3v) is 6.51. The summed E-state index contributed by atoms with van der Waals surface area (Å²) < 4.78 is 25.3. The Kier molecular flexibility index (Phi) is 6.03. The van der Waals surface area contributed by atoms with Gasteiger partial charge in [-0.05, 0) is 53.1 Å². The summed E-state index contributed by atoms with van der Waals surface area (Å²) in [5, 5.41) is 0. The lowest BCUT2D eigenvalue weighted by atomic mass is 9.87. The van der Waals surface area contributed by atoms with Crippen LogP contribution in [-0.2, 0) is 18.3 Å². The first-order chi connectivity index (χ1) is 11.3. The molecule has 0 spiro atoms.